The number of aromatic nitrogens is 4. The lowest BCUT2D eigenvalue weighted by Gasteiger charge is -2.32. The fraction of sp³-hybridized carbons (Fsp3) is 0.522. The predicted octanol–water partition coefficient (Wildman–Crippen LogP) is 3.24. The summed E-state index contributed by atoms with van der Waals surface area (Å²) in [7, 11) is -4.06. The largest absolute Gasteiger partial charge is 0.342 e. The second kappa shape index (κ2) is 8.78. The third kappa shape index (κ3) is 4.49. The van der Waals surface area contributed by atoms with Gasteiger partial charge in [0.25, 0.3) is 6.43 Å². The molecule has 0 aromatic carbocycles. The molecule has 3 aliphatic rings. The number of rotatable bonds is 7. The molecule has 3 aromatic rings. The first kappa shape index (κ1) is 24.3. The van der Waals surface area contributed by atoms with E-state index in [2.05, 4.69) is 20.0 Å². The van der Waals surface area contributed by atoms with E-state index in [0.717, 1.165) is 24.2 Å². The van der Waals surface area contributed by atoms with Crippen LogP contribution in [0.15, 0.2) is 23.2 Å². The first-order valence-corrected chi connectivity index (χ1v) is 14.4. The number of carbonyl (C=O) groups excluding carboxylic acids is 1. The van der Waals surface area contributed by atoms with E-state index >= 15 is 0 Å². The zero-order chi connectivity index (χ0) is 25.9. The van der Waals surface area contributed by atoms with Crippen LogP contribution in [0, 0.1) is 17.2 Å². The molecule has 1 N–H and O–H groups in total. The Labute approximate surface area is 215 Å². The van der Waals surface area contributed by atoms with Gasteiger partial charge in [0.15, 0.2) is 10.0 Å². The Morgan fingerprint density at radius 1 is 1.19 bits per heavy atom. The maximum Gasteiger partial charge on any atom is 0.291 e. The molecule has 0 unspecified atom stereocenters. The Balaban J connectivity index is 1.40. The van der Waals surface area contributed by atoms with Crippen molar-refractivity contribution in [3.05, 3.63) is 29.0 Å². The summed E-state index contributed by atoms with van der Waals surface area (Å²) in [6, 6.07) is 5.03. The lowest BCUT2D eigenvalue weighted by atomic mass is 9.92. The Morgan fingerprint density at radius 2 is 1.92 bits per heavy atom. The van der Waals surface area contributed by atoms with Crippen LogP contribution in [0.1, 0.15) is 61.6 Å². The van der Waals surface area contributed by atoms with Gasteiger partial charge >= 0.3 is 0 Å². The summed E-state index contributed by atoms with van der Waals surface area (Å²) < 4.78 is 57.1. The fourth-order valence-electron chi connectivity index (χ4n) is 4.79. The number of hydrogen-bond donors (Lipinski definition) is 1. The number of fused-ring (bicyclic) bond motifs is 1. The van der Waals surface area contributed by atoms with Gasteiger partial charge in [0.2, 0.25) is 15.9 Å². The Bertz CT molecular complexity index is 1530. The molecule has 4 heterocycles. The van der Waals surface area contributed by atoms with Crippen LogP contribution in [0.5, 0.6) is 0 Å². The molecule has 10 nitrogen and oxygen atoms in total. The maximum absolute atomic E-state index is 13.3. The van der Waals surface area contributed by atoms with Crippen LogP contribution >= 0.6 is 11.3 Å². The monoisotopic (exact) mass is 547 g/mol. The van der Waals surface area contributed by atoms with Crippen molar-refractivity contribution in [2.75, 3.05) is 13.1 Å². The van der Waals surface area contributed by atoms with Gasteiger partial charge in [-0.05, 0) is 50.7 Å². The summed E-state index contributed by atoms with van der Waals surface area (Å²) >= 11 is 0.726. The van der Waals surface area contributed by atoms with E-state index in [4.69, 9.17) is 0 Å². The lowest BCUT2D eigenvalue weighted by molar-refractivity contribution is -0.133. The molecular formula is C23H23F2N7O3S2. The molecular weight excluding hydrogens is 524 g/mol. The van der Waals surface area contributed by atoms with Gasteiger partial charge in [-0.2, -0.15) is 15.1 Å². The highest BCUT2D eigenvalue weighted by Crippen LogP contribution is 2.39. The van der Waals surface area contributed by atoms with E-state index in [0.29, 0.717) is 55.5 Å². The third-order valence-corrected chi connectivity index (χ3v) is 9.71. The van der Waals surface area contributed by atoms with E-state index in [9.17, 15) is 27.3 Å². The smallest absolute Gasteiger partial charge is 0.291 e. The molecule has 194 valence electrons. The number of nitrogens with one attached hydrogen (secondary N) is 1. The number of nitriles is 1. The number of nitrogens with zero attached hydrogens (tertiary/aromatic N) is 6. The molecule has 6 rings (SSSR count). The van der Waals surface area contributed by atoms with E-state index < -0.39 is 27.0 Å². The summed E-state index contributed by atoms with van der Waals surface area (Å²) in [5.41, 5.74) is 0.329. The summed E-state index contributed by atoms with van der Waals surface area (Å²) in [5, 5.41) is 21.1. The van der Waals surface area contributed by atoms with Gasteiger partial charge in [0, 0.05) is 30.6 Å². The number of piperidine rings is 1. The van der Waals surface area contributed by atoms with Crippen LogP contribution in [0.2, 0.25) is 0 Å². The highest BCUT2D eigenvalue weighted by atomic mass is 32.2. The van der Waals surface area contributed by atoms with Crippen LogP contribution < -0.4 is 4.72 Å². The molecule has 2 saturated carbocycles. The van der Waals surface area contributed by atoms with Gasteiger partial charge in [-0.3, -0.25) is 4.79 Å². The second-order valence-electron chi connectivity index (χ2n) is 9.89. The SMILES string of the molecule is N#CC1(NS(=O)(=O)c2cc(C3CCN(C(=O)C4CC4)CC3)n3ncc(-c4nnc(C(F)F)s4)c3c2)CC1. The molecule has 0 atom stereocenters. The first-order chi connectivity index (χ1) is 17.7. The van der Waals surface area contributed by atoms with Crippen molar-refractivity contribution < 1.29 is 22.0 Å². The van der Waals surface area contributed by atoms with Crippen molar-refractivity contribution in [2.45, 2.75) is 61.3 Å². The summed E-state index contributed by atoms with van der Waals surface area (Å²) in [5.74, 6) is 0.241. The molecule has 14 heteroatoms. The van der Waals surface area contributed by atoms with Crippen LogP contribution in [0.3, 0.4) is 0 Å². The Kier molecular flexibility index (Phi) is 5.77. The highest BCUT2D eigenvalue weighted by Gasteiger charge is 2.47. The van der Waals surface area contributed by atoms with Crippen molar-refractivity contribution in [1.29, 1.82) is 5.26 Å². The van der Waals surface area contributed by atoms with Crippen molar-refractivity contribution in [1.82, 2.24) is 29.4 Å². The first-order valence-electron chi connectivity index (χ1n) is 12.1. The lowest BCUT2D eigenvalue weighted by Crippen LogP contribution is -2.39. The number of hydrogen-bond acceptors (Lipinski definition) is 8. The van der Waals surface area contributed by atoms with Crippen molar-refractivity contribution >= 4 is 32.8 Å². The molecule has 0 radical (unpaired) electrons. The topological polar surface area (TPSA) is 133 Å². The number of carbonyl (C=O) groups is 1. The van der Waals surface area contributed by atoms with Crippen molar-refractivity contribution in [3.63, 3.8) is 0 Å². The quantitative estimate of drug-likeness (QED) is 0.480. The zero-order valence-electron chi connectivity index (χ0n) is 19.6. The molecule has 1 aliphatic heterocycles. The molecule has 0 bridgehead atoms. The van der Waals surface area contributed by atoms with Crippen LogP contribution in [-0.4, -0.2) is 57.7 Å². The fourth-order valence-corrected chi connectivity index (χ4v) is 6.93. The number of amides is 1. The summed E-state index contributed by atoms with van der Waals surface area (Å²) in [6.07, 6.45) is 2.72. The molecule has 0 spiro atoms. The predicted molar refractivity (Wildman–Crippen MR) is 128 cm³/mol. The molecule has 37 heavy (non-hydrogen) atoms. The highest BCUT2D eigenvalue weighted by molar-refractivity contribution is 7.89. The van der Waals surface area contributed by atoms with E-state index in [1.165, 1.54) is 12.3 Å². The molecule has 1 saturated heterocycles. The number of likely N-dealkylation sites (tertiary alicyclic amines) is 1. The number of halogens is 2. The van der Waals surface area contributed by atoms with Crippen LogP contribution in [0.4, 0.5) is 8.78 Å². The zero-order valence-corrected chi connectivity index (χ0v) is 21.2. The van der Waals surface area contributed by atoms with E-state index in [-0.39, 0.29) is 27.6 Å². The molecule has 3 fully saturated rings. The molecule has 3 aromatic heterocycles. The van der Waals surface area contributed by atoms with Gasteiger partial charge < -0.3 is 4.90 Å². The molecule has 2 aliphatic carbocycles. The normalized spacial score (nSPS) is 19.9. The van der Waals surface area contributed by atoms with Gasteiger partial charge in [-0.25, -0.2) is 21.7 Å². The summed E-state index contributed by atoms with van der Waals surface area (Å²) in [6.45, 7) is 1.13. The number of sulfonamides is 1. The minimum atomic E-state index is -4.06. The van der Waals surface area contributed by atoms with E-state index in [1.807, 2.05) is 11.0 Å². The van der Waals surface area contributed by atoms with Crippen LogP contribution in [0.25, 0.3) is 16.1 Å². The van der Waals surface area contributed by atoms with E-state index in [1.54, 1.807) is 10.6 Å². The Morgan fingerprint density at radius 3 is 2.51 bits per heavy atom. The number of alkyl halides is 2. The average Bonchev–Trinajstić information content (AvgIpc) is 3.78. The third-order valence-electron chi connectivity index (χ3n) is 7.23. The average molecular weight is 548 g/mol. The minimum absolute atomic E-state index is 0.0339. The van der Waals surface area contributed by atoms with Gasteiger partial charge in [0.1, 0.15) is 5.54 Å². The Hall–Kier alpha value is -3.02. The van der Waals surface area contributed by atoms with Gasteiger partial charge in [-0.1, -0.05) is 11.3 Å². The van der Waals surface area contributed by atoms with Gasteiger partial charge in [-0.15, -0.1) is 10.2 Å². The number of pyridine rings is 1. The van der Waals surface area contributed by atoms with Gasteiger partial charge in [0.05, 0.1) is 28.2 Å². The summed E-state index contributed by atoms with van der Waals surface area (Å²) in [4.78, 5) is 14.3. The molecule has 1 amide bonds. The van der Waals surface area contributed by atoms with Crippen molar-refractivity contribution in [3.8, 4) is 16.6 Å². The van der Waals surface area contributed by atoms with Crippen molar-refractivity contribution in [2.24, 2.45) is 5.92 Å². The minimum Gasteiger partial charge on any atom is -0.342 e. The van der Waals surface area contributed by atoms with Crippen LogP contribution in [-0.2, 0) is 14.8 Å². The maximum atomic E-state index is 13.3. The standard InChI is InChI=1S/C23H23F2N7O3S2/c24-19(25)21-29-28-20(36-21)16-11-27-32-17(13-3-7-31(8-4-13)22(33)14-1-2-14)9-15(10-18(16)32)37(34,35)30-23(12-26)5-6-23/h9-11,13-14,19,30H,1-8H2. The second-order valence-corrected chi connectivity index (χ2v) is 12.6.